The van der Waals surface area contributed by atoms with Gasteiger partial charge in [-0.3, -0.25) is 38.8 Å². The summed E-state index contributed by atoms with van der Waals surface area (Å²) >= 11 is 0. The molecule has 0 atom stereocenters. The zero-order chi connectivity index (χ0) is 34.7. The average molecular weight is 636 g/mol. The number of hydrogen-bond donors (Lipinski definition) is 4. The fraction of sp³-hybridized carbons (Fsp3) is 0.833. The smallest absolute Gasteiger partial charge is 0.317 e. The van der Waals surface area contributed by atoms with Crippen molar-refractivity contribution in [1.82, 2.24) is 19.6 Å². The summed E-state index contributed by atoms with van der Waals surface area (Å²) in [5.74, 6) is -2.08. The Balaban J connectivity index is -0.000000829. The minimum absolute atomic E-state index is 0.166. The van der Waals surface area contributed by atoms with Crippen LogP contribution in [0.15, 0.2) is 0 Å². The summed E-state index contributed by atoms with van der Waals surface area (Å²) in [6, 6.07) is 0. The van der Waals surface area contributed by atoms with Gasteiger partial charge in [-0.2, -0.15) is 0 Å². The highest BCUT2D eigenvalue weighted by molar-refractivity contribution is 5.76. The first-order valence-electron chi connectivity index (χ1n) is 15.3. The molecule has 0 unspecified atom stereocenters. The highest BCUT2D eigenvalue weighted by Gasteiger charge is 2.21. The molecule has 0 bridgehead atoms. The lowest BCUT2D eigenvalue weighted by atomic mass is 10.0. The summed E-state index contributed by atoms with van der Waals surface area (Å²) in [6.45, 7) is 17.5. The van der Waals surface area contributed by atoms with Gasteiger partial charge in [0, 0.05) is 65.4 Å². The topological polar surface area (TPSA) is 194 Å². The molecule has 260 valence electrons. The van der Waals surface area contributed by atoms with E-state index in [4.69, 9.17) is 20.1 Å². The molecule has 1 heterocycles. The summed E-state index contributed by atoms with van der Waals surface area (Å²) < 4.78 is 5.63. The first-order chi connectivity index (χ1) is 20.6. The second-order valence-corrected chi connectivity index (χ2v) is 11.1. The highest BCUT2D eigenvalue weighted by Crippen LogP contribution is 2.16. The van der Waals surface area contributed by atoms with Gasteiger partial charge in [0.2, 0.25) is 0 Å². The maximum absolute atomic E-state index is 11.1. The van der Waals surface area contributed by atoms with E-state index in [1.165, 1.54) is 7.05 Å². The number of ketones is 1. The molecule has 0 spiro atoms. The van der Waals surface area contributed by atoms with Crippen molar-refractivity contribution in [1.29, 1.82) is 0 Å². The van der Waals surface area contributed by atoms with Crippen LogP contribution in [0.25, 0.3) is 0 Å². The minimum atomic E-state index is -0.992. The molecule has 0 radical (unpaired) electrons. The van der Waals surface area contributed by atoms with Crippen LogP contribution in [0.4, 0.5) is 0 Å². The monoisotopic (exact) mass is 635 g/mol. The molecule has 0 aliphatic carbocycles. The SMILES string of the molecule is CC.CC(=O)CC(C)(C)OCCC(C)C.CN.O=CCN1CCN(CC(=O)O)CCN(CC(=O)O)CCN(CC(=O)O)CC1. The molecule has 0 aromatic rings. The predicted molar refractivity (Wildman–Crippen MR) is 171 cm³/mol. The van der Waals surface area contributed by atoms with Gasteiger partial charge in [-0.1, -0.05) is 27.7 Å². The zero-order valence-electron chi connectivity index (χ0n) is 28.4. The normalized spacial score (nSPS) is 16.0. The Morgan fingerprint density at radius 1 is 0.750 bits per heavy atom. The minimum Gasteiger partial charge on any atom is -0.480 e. The average Bonchev–Trinajstić information content (AvgIpc) is 2.91. The van der Waals surface area contributed by atoms with Crippen LogP contribution >= 0.6 is 0 Å². The number of Topliss-reactive ketones (excluding diaryl/α,β-unsaturated/α-hetero) is 1. The molecule has 0 saturated carbocycles. The fourth-order valence-electron chi connectivity index (χ4n) is 4.14. The van der Waals surface area contributed by atoms with Crippen LogP contribution in [-0.4, -0.2) is 163 Å². The maximum Gasteiger partial charge on any atom is 0.317 e. The van der Waals surface area contributed by atoms with Crippen LogP contribution in [0.5, 0.6) is 0 Å². The summed E-state index contributed by atoms with van der Waals surface area (Å²) in [4.78, 5) is 62.0. The van der Waals surface area contributed by atoms with Crippen molar-refractivity contribution in [2.24, 2.45) is 11.7 Å². The zero-order valence-corrected chi connectivity index (χ0v) is 28.4. The van der Waals surface area contributed by atoms with E-state index in [0.717, 1.165) is 19.3 Å². The Morgan fingerprint density at radius 3 is 1.32 bits per heavy atom. The molecule has 1 fully saturated rings. The van der Waals surface area contributed by atoms with E-state index in [2.05, 4.69) is 19.6 Å². The summed E-state index contributed by atoms with van der Waals surface area (Å²) in [6.07, 6.45) is 2.33. The van der Waals surface area contributed by atoms with Crippen molar-refractivity contribution in [3.8, 4) is 0 Å². The van der Waals surface area contributed by atoms with Crippen molar-refractivity contribution in [2.75, 3.05) is 92.2 Å². The van der Waals surface area contributed by atoms with E-state index in [1.54, 1.807) is 21.6 Å². The summed E-state index contributed by atoms with van der Waals surface area (Å²) in [5.41, 5.74) is 4.21. The van der Waals surface area contributed by atoms with Crippen molar-refractivity contribution in [3.63, 3.8) is 0 Å². The van der Waals surface area contributed by atoms with Gasteiger partial charge in [0.25, 0.3) is 0 Å². The number of ether oxygens (including phenoxy) is 1. The van der Waals surface area contributed by atoms with Gasteiger partial charge < -0.3 is 30.6 Å². The van der Waals surface area contributed by atoms with E-state index in [9.17, 15) is 24.0 Å². The number of carboxylic acids is 3. The highest BCUT2D eigenvalue weighted by atomic mass is 16.5. The quantitative estimate of drug-likeness (QED) is 0.198. The number of nitrogens with zero attached hydrogens (tertiary/aromatic N) is 4. The largest absolute Gasteiger partial charge is 0.480 e. The lowest BCUT2D eigenvalue weighted by Gasteiger charge is -2.32. The third-order valence-corrected chi connectivity index (χ3v) is 6.20. The summed E-state index contributed by atoms with van der Waals surface area (Å²) in [5, 5.41) is 27.2. The molecule has 14 heteroatoms. The van der Waals surface area contributed by atoms with Crippen molar-refractivity contribution in [2.45, 2.75) is 66.9 Å². The third-order valence-electron chi connectivity index (χ3n) is 6.20. The van der Waals surface area contributed by atoms with Crippen LogP contribution in [0, 0.1) is 5.92 Å². The van der Waals surface area contributed by atoms with E-state index < -0.39 is 17.9 Å². The molecular formula is C30H61N5O9. The number of aliphatic carboxylic acids is 3. The van der Waals surface area contributed by atoms with Crippen molar-refractivity contribution < 1.29 is 44.0 Å². The van der Waals surface area contributed by atoms with Crippen molar-refractivity contribution in [3.05, 3.63) is 0 Å². The Kier molecular flexibility index (Phi) is 29.2. The molecule has 0 amide bonds. The number of rotatable bonds is 14. The third kappa shape index (κ3) is 29.6. The van der Waals surface area contributed by atoms with E-state index in [1.807, 2.05) is 32.6 Å². The number of carbonyl (C=O) groups is 5. The first kappa shape index (κ1) is 45.9. The predicted octanol–water partition coefficient (Wildman–Crippen LogP) is 1.07. The lowest BCUT2D eigenvalue weighted by molar-refractivity contribution is -0.140. The Labute approximate surface area is 264 Å². The van der Waals surface area contributed by atoms with E-state index >= 15 is 0 Å². The molecular weight excluding hydrogens is 574 g/mol. The van der Waals surface area contributed by atoms with E-state index in [-0.39, 0.29) is 37.6 Å². The standard InChI is InChI=1S/C16H28N4O7.C11H22O2.C2H6.CH5N/c21-10-9-17-1-3-18(11-14(22)23)5-7-20(13-16(26)27)8-6-19(4-2-17)12-15(24)25;1-9(2)6-7-13-11(4,5)8-10(3)12;2*1-2/h10H,1-9,11-13H2,(H,22,23)(H,24,25)(H,26,27);9H,6-8H2,1-5H3;1-2H3;2H2,1H3. The van der Waals surface area contributed by atoms with Crippen LogP contribution < -0.4 is 5.73 Å². The molecule has 1 aliphatic heterocycles. The molecule has 1 rings (SSSR count). The summed E-state index contributed by atoms with van der Waals surface area (Å²) in [7, 11) is 1.50. The molecule has 0 aromatic heterocycles. The number of hydrogen-bond acceptors (Lipinski definition) is 11. The van der Waals surface area contributed by atoms with Crippen molar-refractivity contribution >= 4 is 30.0 Å². The molecule has 0 aromatic carbocycles. The van der Waals surface area contributed by atoms with Gasteiger partial charge in [0.1, 0.15) is 12.1 Å². The first-order valence-corrected chi connectivity index (χ1v) is 15.3. The Bertz CT molecular complexity index is 765. The number of carbonyl (C=O) groups excluding carboxylic acids is 2. The lowest BCUT2D eigenvalue weighted by Crippen LogP contribution is -2.48. The second kappa shape index (κ2) is 28.0. The number of aldehydes is 1. The molecule has 14 nitrogen and oxygen atoms in total. The Morgan fingerprint density at radius 2 is 1.07 bits per heavy atom. The van der Waals surface area contributed by atoms with Crippen LogP contribution in [0.1, 0.15) is 61.3 Å². The van der Waals surface area contributed by atoms with E-state index in [0.29, 0.717) is 64.7 Å². The second-order valence-electron chi connectivity index (χ2n) is 11.1. The van der Waals surface area contributed by atoms with Gasteiger partial charge in [-0.25, -0.2) is 0 Å². The van der Waals surface area contributed by atoms with Gasteiger partial charge >= 0.3 is 17.9 Å². The number of nitrogens with two attached hydrogens (primary N) is 1. The molecule has 5 N–H and O–H groups in total. The molecule has 1 saturated heterocycles. The van der Waals surface area contributed by atoms with Gasteiger partial charge in [0.15, 0.2) is 0 Å². The number of carboxylic acid groups (broad SMARTS) is 3. The Hall–Kier alpha value is -2.49. The maximum atomic E-state index is 11.1. The van der Waals surface area contributed by atoms with Crippen LogP contribution in [-0.2, 0) is 28.7 Å². The molecule has 44 heavy (non-hydrogen) atoms. The van der Waals surface area contributed by atoms with Gasteiger partial charge in [0.05, 0.1) is 31.8 Å². The van der Waals surface area contributed by atoms with Gasteiger partial charge in [-0.05, 0) is 40.2 Å². The molecule has 1 aliphatic rings. The van der Waals surface area contributed by atoms with Crippen LogP contribution in [0.2, 0.25) is 0 Å². The van der Waals surface area contributed by atoms with Gasteiger partial charge in [-0.15, -0.1) is 0 Å². The van der Waals surface area contributed by atoms with Crippen LogP contribution in [0.3, 0.4) is 0 Å². The fourth-order valence-corrected chi connectivity index (χ4v) is 4.14.